The summed E-state index contributed by atoms with van der Waals surface area (Å²) >= 11 is 0. The number of aromatic amines is 1. The van der Waals surface area contributed by atoms with Crippen LogP contribution in [-0.2, 0) is 9.53 Å². The highest BCUT2D eigenvalue weighted by Gasteiger charge is 2.34. The molecule has 0 aromatic carbocycles. The van der Waals surface area contributed by atoms with Crippen LogP contribution in [0.5, 0.6) is 0 Å². The molecule has 1 amide bonds. The lowest BCUT2D eigenvalue weighted by atomic mass is 9.89. The monoisotopic (exact) mass is 369 g/mol. The molecule has 0 saturated carbocycles. The van der Waals surface area contributed by atoms with E-state index in [4.69, 9.17) is 4.74 Å². The van der Waals surface area contributed by atoms with Gasteiger partial charge in [0, 0.05) is 31.4 Å². The first-order valence-corrected chi connectivity index (χ1v) is 9.71. The van der Waals surface area contributed by atoms with E-state index in [0.29, 0.717) is 5.92 Å². The lowest BCUT2D eigenvalue weighted by Gasteiger charge is -2.28. The lowest BCUT2D eigenvalue weighted by molar-refractivity contribution is -0.126. The molecule has 2 aliphatic heterocycles. The number of carbonyl (C=O) groups is 1. The Balaban J connectivity index is 1.62. The fourth-order valence-electron chi connectivity index (χ4n) is 4.44. The molecule has 2 aliphatic rings. The van der Waals surface area contributed by atoms with Gasteiger partial charge in [-0.2, -0.15) is 0 Å². The van der Waals surface area contributed by atoms with Gasteiger partial charge in [-0.25, -0.2) is 9.97 Å². The Morgan fingerprint density at radius 3 is 3.04 bits per heavy atom. The maximum absolute atomic E-state index is 12.0. The molecule has 0 bridgehead atoms. The minimum absolute atomic E-state index is 0.0156. The van der Waals surface area contributed by atoms with Gasteiger partial charge in [0.15, 0.2) is 0 Å². The van der Waals surface area contributed by atoms with E-state index in [0.717, 1.165) is 49.3 Å². The average Bonchev–Trinajstić information content (AvgIpc) is 3.26. The summed E-state index contributed by atoms with van der Waals surface area (Å²) in [5, 5.41) is 4.66. The first-order chi connectivity index (χ1) is 13.1. The molecule has 4 heterocycles. The van der Waals surface area contributed by atoms with Crippen molar-refractivity contribution in [3.8, 4) is 0 Å². The number of likely N-dealkylation sites (tertiary alicyclic amines) is 1. The topological polar surface area (TPSA) is 83.1 Å². The Bertz CT molecular complexity index is 848. The second-order valence-corrected chi connectivity index (χ2v) is 7.61. The predicted octanol–water partition coefficient (Wildman–Crippen LogP) is 2.83. The molecule has 0 aliphatic carbocycles. The molecular weight excluding hydrogens is 342 g/mol. The normalized spacial score (nSPS) is 28.4. The van der Waals surface area contributed by atoms with E-state index in [2.05, 4.69) is 46.9 Å². The number of hydrogen-bond donors (Lipinski definition) is 2. The zero-order valence-electron chi connectivity index (χ0n) is 15.9. The van der Waals surface area contributed by atoms with E-state index in [1.165, 1.54) is 11.6 Å². The minimum Gasteiger partial charge on any atom is -0.378 e. The number of fused-ring (bicyclic) bond motifs is 1. The molecule has 7 nitrogen and oxygen atoms in total. The summed E-state index contributed by atoms with van der Waals surface area (Å²) in [6.07, 6.45) is 8.21. The van der Waals surface area contributed by atoms with E-state index in [1.807, 2.05) is 4.90 Å². The largest absolute Gasteiger partial charge is 0.378 e. The van der Waals surface area contributed by atoms with Crippen LogP contribution in [0.3, 0.4) is 0 Å². The second-order valence-electron chi connectivity index (χ2n) is 7.61. The summed E-state index contributed by atoms with van der Waals surface area (Å²) in [6.45, 7) is 9.32. The van der Waals surface area contributed by atoms with Crippen LogP contribution in [0.15, 0.2) is 25.2 Å². The van der Waals surface area contributed by atoms with Gasteiger partial charge in [-0.05, 0) is 50.7 Å². The van der Waals surface area contributed by atoms with Crippen molar-refractivity contribution in [1.29, 1.82) is 0 Å². The predicted molar refractivity (Wildman–Crippen MR) is 105 cm³/mol. The highest BCUT2D eigenvalue weighted by Crippen LogP contribution is 2.37. The van der Waals surface area contributed by atoms with Crippen molar-refractivity contribution in [2.75, 3.05) is 18.5 Å². The zero-order valence-corrected chi connectivity index (χ0v) is 15.9. The number of ether oxygens (including phenoxy) is 1. The summed E-state index contributed by atoms with van der Waals surface area (Å²) in [6, 6.07) is 0.245. The van der Waals surface area contributed by atoms with Crippen molar-refractivity contribution < 1.29 is 9.53 Å². The Morgan fingerprint density at radius 2 is 2.26 bits per heavy atom. The highest BCUT2D eigenvalue weighted by molar-refractivity contribution is 5.91. The van der Waals surface area contributed by atoms with E-state index in [9.17, 15) is 4.79 Å². The number of hydrogen-bond acceptors (Lipinski definition) is 5. The number of carbonyl (C=O) groups excluding carboxylic acids is 1. The summed E-state index contributed by atoms with van der Waals surface area (Å²) in [7, 11) is 0. The van der Waals surface area contributed by atoms with Crippen LogP contribution in [0.25, 0.3) is 11.0 Å². The van der Waals surface area contributed by atoms with E-state index in [1.54, 1.807) is 6.33 Å². The SMILES string of the molecule is C=CC(=O)N1CC[C@@H](Nc2ncnc3[nH]cc(C4CCOC(C)C4)c23)[C@H]1C. The smallest absolute Gasteiger partial charge is 0.246 e. The van der Waals surface area contributed by atoms with Crippen LogP contribution in [0.4, 0.5) is 5.82 Å². The van der Waals surface area contributed by atoms with Gasteiger partial charge in [0.1, 0.15) is 17.8 Å². The third-order valence-electron chi connectivity index (χ3n) is 5.96. The summed E-state index contributed by atoms with van der Waals surface area (Å²) in [4.78, 5) is 26.1. The summed E-state index contributed by atoms with van der Waals surface area (Å²) in [5.74, 6) is 1.27. The van der Waals surface area contributed by atoms with Crippen molar-refractivity contribution in [2.24, 2.45) is 0 Å². The van der Waals surface area contributed by atoms with Gasteiger partial charge in [0.2, 0.25) is 5.91 Å². The molecule has 2 saturated heterocycles. The number of nitrogens with one attached hydrogen (secondary N) is 2. The number of nitrogens with zero attached hydrogens (tertiary/aromatic N) is 3. The van der Waals surface area contributed by atoms with Crippen LogP contribution in [-0.4, -0.2) is 57.1 Å². The Labute approximate surface area is 159 Å². The fraction of sp³-hybridized carbons (Fsp3) is 0.550. The third-order valence-corrected chi connectivity index (χ3v) is 5.96. The quantitative estimate of drug-likeness (QED) is 0.810. The fourth-order valence-corrected chi connectivity index (χ4v) is 4.44. The van der Waals surface area contributed by atoms with E-state index < -0.39 is 0 Å². The van der Waals surface area contributed by atoms with Gasteiger partial charge in [-0.1, -0.05) is 6.58 Å². The summed E-state index contributed by atoms with van der Waals surface area (Å²) in [5.41, 5.74) is 2.11. The molecule has 2 fully saturated rings. The molecule has 7 heteroatoms. The number of aromatic nitrogens is 3. The molecule has 2 unspecified atom stereocenters. The number of H-pyrrole nitrogens is 1. The average molecular weight is 369 g/mol. The second kappa shape index (κ2) is 7.31. The number of amides is 1. The molecular formula is C20H27N5O2. The van der Waals surface area contributed by atoms with Gasteiger partial charge in [-0.3, -0.25) is 4.79 Å². The molecule has 4 atom stereocenters. The first kappa shape index (κ1) is 18.0. The van der Waals surface area contributed by atoms with Crippen LogP contribution in [0.2, 0.25) is 0 Å². The molecule has 0 radical (unpaired) electrons. The molecule has 4 rings (SSSR count). The lowest BCUT2D eigenvalue weighted by Crippen LogP contribution is -2.39. The maximum atomic E-state index is 12.0. The van der Waals surface area contributed by atoms with E-state index >= 15 is 0 Å². The van der Waals surface area contributed by atoms with Crippen LogP contribution in [0, 0.1) is 0 Å². The third kappa shape index (κ3) is 3.32. The van der Waals surface area contributed by atoms with Crippen molar-refractivity contribution in [3.63, 3.8) is 0 Å². The Kier molecular flexibility index (Phi) is 4.86. The van der Waals surface area contributed by atoms with Crippen LogP contribution in [0.1, 0.15) is 44.6 Å². The van der Waals surface area contributed by atoms with Gasteiger partial charge in [-0.15, -0.1) is 0 Å². The van der Waals surface area contributed by atoms with Crippen LogP contribution >= 0.6 is 0 Å². The standard InChI is InChI=1S/C20H27N5O2/c1-4-17(26)25-7-5-16(13(25)3)24-20-18-15(10-21-19(18)22-11-23-20)14-6-8-27-12(2)9-14/h4,10-14,16H,1,5-9H2,2-3H3,(H2,21,22,23,24)/t12?,13-,14?,16-/m1/s1. The molecule has 0 spiro atoms. The summed E-state index contributed by atoms with van der Waals surface area (Å²) < 4.78 is 5.71. The van der Waals surface area contributed by atoms with Crippen molar-refractivity contribution >= 4 is 22.8 Å². The maximum Gasteiger partial charge on any atom is 0.246 e. The molecule has 27 heavy (non-hydrogen) atoms. The highest BCUT2D eigenvalue weighted by atomic mass is 16.5. The molecule has 2 aromatic rings. The molecule has 2 aromatic heterocycles. The van der Waals surface area contributed by atoms with Crippen molar-refractivity contribution in [2.45, 2.75) is 57.2 Å². The van der Waals surface area contributed by atoms with E-state index in [-0.39, 0.29) is 24.1 Å². The minimum atomic E-state index is -0.0156. The Hall–Kier alpha value is -2.41. The number of rotatable bonds is 4. The van der Waals surface area contributed by atoms with Crippen LogP contribution < -0.4 is 5.32 Å². The van der Waals surface area contributed by atoms with Crippen molar-refractivity contribution in [1.82, 2.24) is 19.9 Å². The number of anilines is 1. The molecule has 2 N–H and O–H groups in total. The zero-order chi connectivity index (χ0) is 19.0. The van der Waals surface area contributed by atoms with Gasteiger partial charge >= 0.3 is 0 Å². The Morgan fingerprint density at radius 1 is 1.41 bits per heavy atom. The van der Waals surface area contributed by atoms with Gasteiger partial charge < -0.3 is 19.9 Å². The van der Waals surface area contributed by atoms with Crippen molar-refractivity contribution in [3.05, 3.63) is 30.7 Å². The van der Waals surface area contributed by atoms with Gasteiger partial charge in [0.25, 0.3) is 0 Å². The first-order valence-electron chi connectivity index (χ1n) is 9.71. The van der Waals surface area contributed by atoms with Gasteiger partial charge in [0.05, 0.1) is 11.5 Å². The molecule has 144 valence electrons.